The molecule has 0 unspecified atom stereocenters. The summed E-state index contributed by atoms with van der Waals surface area (Å²) in [4.78, 5) is 1.78. The molecule has 0 aromatic heterocycles. The Bertz CT molecular complexity index is 672. The van der Waals surface area contributed by atoms with Crippen LogP contribution in [0.25, 0.3) is 11.8 Å². The third kappa shape index (κ3) is 4.54. The highest BCUT2D eigenvalue weighted by atomic mass is 16.5. The fourth-order valence-corrected chi connectivity index (χ4v) is 2.27. The first kappa shape index (κ1) is 16.5. The van der Waals surface area contributed by atoms with Crippen LogP contribution in [0.4, 0.5) is 0 Å². The molecule has 0 radical (unpaired) electrons. The van der Waals surface area contributed by atoms with E-state index in [2.05, 4.69) is 0 Å². The van der Waals surface area contributed by atoms with Crippen LogP contribution in [-0.4, -0.2) is 35.8 Å². The third-order valence-electron chi connectivity index (χ3n) is 3.45. The van der Waals surface area contributed by atoms with E-state index >= 15 is 0 Å². The van der Waals surface area contributed by atoms with Crippen molar-refractivity contribution in [3.05, 3.63) is 77.7 Å². The molecule has 2 rings (SSSR count). The standard InChI is InChI=1S/C19H21NO3/c1-20(18(19(21)22)16-8-4-3-5-9-16)14-6-7-15-10-12-17(23-2)13-11-15/h3-13,21-22H,14H2,1-2H3/b7-6+. The Balaban J connectivity index is 2.06. The first-order valence-corrected chi connectivity index (χ1v) is 7.31. The number of nitrogens with zero attached hydrogens (tertiary/aromatic N) is 1. The van der Waals surface area contributed by atoms with Crippen LogP contribution >= 0.6 is 0 Å². The number of aliphatic hydroxyl groups excluding tert-OH is 1. The van der Waals surface area contributed by atoms with Gasteiger partial charge < -0.3 is 19.8 Å². The lowest BCUT2D eigenvalue weighted by molar-refractivity contribution is 0.186. The molecule has 2 aromatic rings. The van der Waals surface area contributed by atoms with Gasteiger partial charge in [0.15, 0.2) is 0 Å². The van der Waals surface area contributed by atoms with Crippen LogP contribution in [0.1, 0.15) is 11.1 Å². The van der Waals surface area contributed by atoms with E-state index in [1.807, 2.05) is 73.8 Å². The molecule has 0 spiro atoms. The van der Waals surface area contributed by atoms with Crippen molar-refractivity contribution in [3.8, 4) is 5.75 Å². The van der Waals surface area contributed by atoms with Gasteiger partial charge in [0.25, 0.3) is 5.95 Å². The normalized spacial score (nSPS) is 10.5. The number of ether oxygens (including phenoxy) is 1. The summed E-state index contributed by atoms with van der Waals surface area (Å²) >= 11 is 0. The number of hydrogen-bond acceptors (Lipinski definition) is 4. The minimum Gasteiger partial charge on any atom is -0.497 e. The Morgan fingerprint density at radius 1 is 1.04 bits per heavy atom. The van der Waals surface area contributed by atoms with Crippen molar-refractivity contribution in [2.45, 2.75) is 0 Å². The number of hydrogen-bond donors (Lipinski definition) is 2. The topological polar surface area (TPSA) is 52.9 Å². The fraction of sp³-hybridized carbons (Fsp3) is 0.158. The van der Waals surface area contributed by atoms with Gasteiger partial charge in [-0.3, -0.25) is 0 Å². The molecule has 120 valence electrons. The number of methoxy groups -OCH3 is 1. The van der Waals surface area contributed by atoms with Crippen molar-refractivity contribution >= 4 is 11.8 Å². The lowest BCUT2D eigenvalue weighted by atomic mass is 10.1. The van der Waals surface area contributed by atoms with Gasteiger partial charge in [-0.15, -0.1) is 0 Å². The van der Waals surface area contributed by atoms with Crippen molar-refractivity contribution in [1.82, 2.24) is 4.90 Å². The van der Waals surface area contributed by atoms with Gasteiger partial charge >= 0.3 is 0 Å². The maximum atomic E-state index is 9.57. The SMILES string of the molecule is COc1ccc(/C=C/CN(C)C(=C(O)O)c2ccccc2)cc1. The molecule has 0 amide bonds. The van der Waals surface area contributed by atoms with Gasteiger partial charge in [0.1, 0.15) is 11.4 Å². The Morgan fingerprint density at radius 3 is 2.26 bits per heavy atom. The second-order valence-corrected chi connectivity index (χ2v) is 5.09. The summed E-state index contributed by atoms with van der Waals surface area (Å²) < 4.78 is 5.12. The Morgan fingerprint density at radius 2 is 1.70 bits per heavy atom. The van der Waals surface area contributed by atoms with Crippen LogP contribution in [0.15, 0.2) is 66.6 Å². The molecule has 0 aliphatic carbocycles. The highest BCUT2D eigenvalue weighted by molar-refractivity contribution is 5.64. The molecule has 0 bridgehead atoms. The molecule has 0 saturated heterocycles. The van der Waals surface area contributed by atoms with E-state index in [0.29, 0.717) is 12.2 Å². The van der Waals surface area contributed by atoms with E-state index in [4.69, 9.17) is 4.74 Å². The van der Waals surface area contributed by atoms with Gasteiger partial charge in [-0.05, 0) is 17.7 Å². The van der Waals surface area contributed by atoms with Gasteiger partial charge in [-0.25, -0.2) is 0 Å². The lowest BCUT2D eigenvalue weighted by Crippen LogP contribution is -2.18. The van der Waals surface area contributed by atoms with Gasteiger partial charge in [0, 0.05) is 19.2 Å². The van der Waals surface area contributed by atoms with Crippen LogP contribution in [0.5, 0.6) is 5.75 Å². The number of likely N-dealkylation sites (N-methyl/N-ethyl adjacent to an activating group) is 1. The molecule has 0 heterocycles. The van der Waals surface area contributed by atoms with Gasteiger partial charge in [-0.1, -0.05) is 54.6 Å². The largest absolute Gasteiger partial charge is 0.497 e. The fourth-order valence-electron chi connectivity index (χ4n) is 2.27. The quantitative estimate of drug-likeness (QED) is 0.789. The summed E-state index contributed by atoms with van der Waals surface area (Å²) in [6, 6.07) is 17.0. The average molecular weight is 311 g/mol. The Kier molecular flexibility index (Phi) is 5.69. The average Bonchev–Trinajstić information content (AvgIpc) is 2.56. The van der Waals surface area contributed by atoms with Gasteiger partial charge in [0.2, 0.25) is 0 Å². The molecular formula is C19H21NO3. The Labute approximate surface area is 136 Å². The van der Waals surface area contributed by atoms with Crippen LogP contribution < -0.4 is 4.74 Å². The smallest absolute Gasteiger partial charge is 0.299 e. The maximum Gasteiger partial charge on any atom is 0.299 e. The summed E-state index contributed by atoms with van der Waals surface area (Å²) in [5.74, 6) is 0.135. The molecule has 23 heavy (non-hydrogen) atoms. The predicted octanol–water partition coefficient (Wildman–Crippen LogP) is 4.08. The Hall–Kier alpha value is -2.88. The summed E-state index contributed by atoms with van der Waals surface area (Å²) in [6.45, 7) is 0.543. The minimum atomic E-state index is -0.684. The molecular weight excluding hydrogens is 290 g/mol. The molecule has 0 aliphatic heterocycles. The number of benzene rings is 2. The molecule has 4 heteroatoms. The van der Waals surface area contributed by atoms with Crippen LogP contribution in [0.3, 0.4) is 0 Å². The summed E-state index contributed by atoms with van der Waals surface area (Å²) in [6.07, 6.45) is 3.95. The summed E-state index contributed by atoms with van der Waals surface area (Å²) in [5.41, 5.74) is 2.20. The van der Waals surface area contributed by atoms with Crippen molar-refractivity contribution in [3.63, 3.8) is 0 Å². The molecule has 2 N–H and O–H groups in total. The second kappa shape index (κ2) is 7.94. The zero-order valence-corrected chi connectivity index (χ0v) is 13.3. The molecule has 2 aromatic carbocycles. The highest BCUT2D eigenvalue weighted by Crippen LogP contribution is 2.20. The van der Waals surface area contributed by atoms with E-state index in [9.17, 15) is 10.2 Å². The van der Waals surface area contributed by atoms with Gasteiger partial charge in [0.05, 0.1) is 7.11 Å². The van der Waals surface area contributed by atoms with E-state index < -0.39 is 5.95 Å². The highest BCUT2D eigenvalue weighted by Gasteiger charge is 2.12. The zero-order chi connectivity index (χ0) is 16.7. The third-order valence-corrected chi connectivity index (χ3v) is 3.45. The van der Waals surface area contributed by atoms with Crippen LogP contribution in [0.2, 0.25) is 0 Å². The number of rotatable bonds is 6. The van der Waals surface area contributed by atoms with E-state index in [0.717, 1.165) is 16.9 Å². The molecule has 0 saturated carbocycles. The lowest BCUT2D eigenvalue weighted by Gasteiger charge is -2.20. The summed E-state index contributed by atoms with van der Waals surface area (Å²) in [5, 5.41) is 19.1. The molecule has 0 fully saturated rings. The van der Waals surface area contributed by atoms with Crippen LogP contribution in [0, 0.1) is 0 Å². The minimum absolute atomic E-state index is 0.394. The molecule has 0 aliphatic rings. The molecule has 0 atom stereocenters. The monoisotopic (exact) mass is 311 g/mol. The first-order valence-electron chi connectivity index (χ1n) is 7.31. The van der Waals surface area contributed by atoms with E-state index in [1.165, 1.54) is 0 Å². The summed E-state index contributed by atoms with van der Waals surface area (Å²) in [7, 11) is 3.45. The van der Waals surface area contributed by atoms with Crippen molar-refractivity contribution in [2.24, 2.45) is 0 Å². The van der Waals surface area contributed by atoms with Crippen molar-refractivity contribution < 1.29 is 14.9 Å². The second-order valence-electron chi connectivity index (χ2n) is 5.09. The van der Waals surface area contributed by atoms with Gasteiger partial charge in [-0.2, -0.15) is 0 Å². The maximum absolute atomic E-state index is 9.57. The molecule has 4 nitrogen and oxygen atoms in total. The van der Waals surface area contributed by atoms with E-state index in [-0.39, 0.29) is 0 Å². The number of aliphatic hydroxyl groups is 2. The van der Waals surface area contributed by atoms with E-state index in [1.54, 1.807) is 12.0 Å². The van der Waals surface area contributed by atoms with Crippen molar-refractivity contribution in [1.29, 1.82) is 0 Å². The van der Waals surface area contributed by atoms with Crippen molar-refractivity contribution in [2.75, 3.05) is 20.7 Å². The van der Waals surface area contributed by atoms with Crippen LogP contribution in [-0.2, 0) is 0 Å². The first-order chi connectivity index (χ1) is 11.1. The zero-order valence-electron chi connectivity index (χ0n) is 13.3. The predicted molar refractivity (Wildman–Crippen MR) is 93.3 cm³/mol.